The van der Waals surface area contributed by atoms with E-state index in [1.54, 1.807) is 0 Å². The molecule has 1 aromatic carbocycles. The Kier molecular flexibility index (Phi) is 3.82. The summed E-state index contributed by atoms with van der Waals surface area (Å²) in [4.78, 5) is 0.793. The van der Waals surface area contributed by atoms with Crippen molar-refractivity contribution in [1.82, 2.24) is 0 Å². The van der Waals surface area contributed by atoms with Crippen LogP contribution in [0, 0.1) is 0 Å². The van der Waals surface area contributed by atoms with Gasteiger partial charge in [-0.3, -0.25) is 0 Å². The Morgan fingerprint density at radius 3 is 1.77 bits per heavy atom. The highest BCUT2D eigenvalue weighted by Gasteiger charge is 2.16. The summed E-state index contributed by atoms with van der Waals surface area (Å²) >= 11 is 0. The maximum Gasteiger partial charge on any atom is 0.0310 e. The van der Waals surface area contributed by atoms with Crippen LogP contribution in [-0.4, -0.2) is 0 Å². The van der Waals surface area contributed by atoms with E-state index in [0.717, 1.165) is 4.90 Å². The van der Waals surface area contributed by atoms with Crippen LogP contribution in [0.5, 0.6) is 0 Å². The van der Waals surface area contributed by atoms with Gasteiger partial charge in [-0.1, -0.05) is 26.0 Å². The summed E-state index contributed by atoms with van der Waals surface area (Å²) in [5.74, 6) is 0.513. The second-order valence-corrected chi connectivity index (χ2v) is 10.0. The van der Waals surface area contributed by atoms with E-state index in [1.807, 2.05) is 24.3 Å². The fraction of sp³-hybridized carbons (Fsp3) is 0.333. The maximum absolute atomic E-state index is 5.80. The number of hydrogen-bond acceptors (Lipinski definition) is 0. The first-order valence-corrected chi connectivity index (χ1v) is 8.04. The molecule has 0 heterocycles. The lowest BCUT2D eigenvalue weighted by molar-refractivity contribution is 0.865. The quantitative estimate of drug-likeness (QED) is 0.662. The number of hydrogen-bond donors (Lipinski definition) is 0. The molecule has 74 valence electrons. The Morgan fingerprint density at radius 1 is 1.00 bits per heavy atom. The summed E-state index contributed by atoms with van der Waals surface area (Å²) < 4.78 is 0. The molecule has 1 rings (SSSR count). The molecule has 0 atom stereocenters. The topological polar surface area (TPSA) is 0 Å². The van der Waals surface area contributed by atoms with Gasteiger partial charge in [0, 0.05) is 12.6 Å². The Hall–Kier alpha value is 0.440. The number of halogens is 3. The third-order valence-electron chi connectivity index (χ3n) is 1.81. The second-order valence-electron chi connectivity index (χ2n) is 3.13. The predicted molar refractivity (Wildman–Crippen MR) is 63.9 cm³/mol. The third kappa shape index (κ3) is 3.25. The van der Waals surface area contributed by atoms with Gasteiger partial charge in [0.05, 0.1) is 0 Å². The first-order valence-electron chi connectivity index (χ1n) is 3.93. The van der Waals surface area contributed by atoms with Crippen molar-refractivity contribution in [1.29, 1.82) is 0 Å². The zero-order valence-electron chi connectivity index (χ0n) is 7.43. The Bertz CT molecular complexity index is 274. The standard InChI is InChI=1S/C9H11Cl3S/c1-7(2)8-3-5-9(6-4-8)13(10,11)12/h3-7H,1-2H3. The molecule has 0 nitrogen and oxygen atoms in total. The minimum absolute atomic E-state index is 0.513. The van der Waals surface area contributed by atoms with Gasteiger partial charge in [0.2, 0.25) is 0 Å². The van der Waals surface area contributed by atoms with Gasteiger partial charge in [0.25, 0.3) is 0 Å². The summed E-state index contributed by atoms with van der Waals surface area (Å²) in [5.41, 5.74) is 1.26. The first kappa shape index (κ1) is 11.5. The normalized spacial score (nSPS) is 13.4. The summed E-state index contributed by atoms with van der Waals surface area (Å²) in [6, 6.07) is 7.79. The van der Waals surface area contributed by atoms with E-state index in [0.29, 0.717) is 5.92 Å². The van der Waals surface area contributed by atoms with Crippen LogP contribution in [0.2, 0.25) is 0 Å². The molecule has 0 spiro atoms. The van der Waals surface area contributed by atoms with E-state index in [-0.39, 0.29) is 0 Å². The third-order valence-corrected chi connectivity index (χ3v) is 4.22. The molecular formula is C9H11Cl3S. The van der Waals surface area contributed by atoms with Gasteiger partial charge in [0.1, 0.15) is 0 Å². The van der Waals surface area contributed by atoms with Crippen LogP contribution in [0.15, 0.2) is 29.2 Å². The van der Waals surface area contributed by atoms with Gasteiger partial charge in [-0.25, -0.2) is 0 Å². The van der Waals surface area contributed by atoms with Crippen molar-refractivity contribution in [3.63, 3.8) is 0 Å². The molecule has 0 aliphatic carbocycles. The van der Waals surface area contributed by atoms with E-state index in [4.69, 9.17) is 32.0 Å². The van der Waals surface area contributed by atoms with Crippen LogP contribution in [0.4, 0.5) is 0 Å². The van der Waals surface area contributed by atoms with Crippen LogP contribution in [-0.2, 0) is 0 Å². The molecule has 0 N–H and O–H groups in total. The molecule has 0 aliphatic rings. The average Bonchev–Trinajstić information content (AvgIpc) is 2.03. The SMILES string of the molecule is CC(C)c1ccc(S(Cl)(Cl)Cl)cc1. The molecule has 4 heteroatoms. The highest BCUT2D eigenvalue weighted by atomic mass is 36.2. The van der Waals surface area contributed by atoms with E-state index in [9.17, 15) is 0 Å². The lowest BCUT2D eigenvalue weighted by Gasteiger charge is -2.16. The summed E-state index contributed by atoms with van der Waals surface area (Å²) in [7, 11) is 15.3. The Labute approximate surface area is 94.0 Å². The largest absolute Gasteiger partial charge is 0.0587 e. The fourth-order valence-electron chi connectivity index (χ4n) is 1.01. The summed E-state index contributed by atoms with van der Waals surface area (Å²) in [6.45, 7) is 4.27. The van der Waals surface area contributed by atoms with Crippen molar-refractivity contribution in [3.05, 3.63) is 29.8 Å². The van der Waals surface area contributed by atoms with Crippen LogP contribution in [0.3, 0.4) is 0 Å². The number of rotatable bonds is 2. The maximum atomic E-state index is 5.80. The van der Waals surface area contributed by atoms with Crippen LogP contribution >= 0.6 is 39.7 Å². The Balaban J connectivity index is 2.94. The van der Waals surface area contributed by atoms with Crippen molar-refractivity contribution in [3.8, 4) is 0 Å². The van der Waals surface area contributed by atoms with Gasteiger partial charge in [-0.05, 0) is 55.7 Å². The van der Waals surface area contributed by atoms with E-state index in [2.05, 4.69) is 13.8 Å². The van der Waals surface area contributed by atoms with E-state index >= 15 is 0 Å². The lowest BCUT2D eigenvalue weighted by Crippen LogP contribution is -1.86. The van der Waals surface area contributed by atoms with E-state index in [1.165, 1.54) is 5.56 Å². The van der Waals surface area contributed by atoms with E-state index < -0.39 is 7.67 Å². The minimum Gasteiger partial charge on any atom is -0.0587 e. The van der Waals surface area contributed by atoms with Crippen molar-refractivity contribution in [2.45, 2.75) is 24.7 Å². The van der Waals surface area contributed by atoms with Gasteiger partial charge < -0.3 is 0 Å². The lowest BCUT2D eigenvalue weighted by atomic mass is 10.0. The monoisotopic (exact) mass is 256 g/mol. The van der Waals surface area contributed by atoms with Gasteiger partial charge in [-0.15, -0.1) is 0 Å². The van der Waals surface area contributed by atoms with Crippen LogP contribution in [0.1, 0.15) is 25.3 Å². The summed E-state index contributed by atoms with van der Waals surface area (Å²) in [5, 5.41) is 0. The molecule has 0 aliphatic heterocycles. The molecule has 1 aromatic rings. The number of benzene rings is 1. The van der Waals surface area contributed by atoms with Gasteiger partial charge >= 0.3 is 0 Å². The fourth-order valence-corrected chi connectivity index (χ4v) is 2.38. The molecule has 0 bridgehead atoms. The molecule has 0 fully saturated rings. The second kappa shape index (κ2) is 4.31. The minimum atomic E-state index is -2.13. The molecule has 0 aromatic heterocycles. The highest BCUT2D eigenvalue weighted by Crippen LogP contribution is 2.69. The van der Waals surface area contributed by atoms with Gasteiger partial charge in [-0.2, -0.15) is 0 Å². The Morgan fingerprint density at radius 2 is 1.46 bits per heavy atom. The smallest absolute Gasteiger partial charge is 0.0310 e. The van der Waals surface area contributed by atoms with Crippen LogP contribution < -0.4 is 0 Å². The van der Waals surface area contributed by atoms with Crippen molar-refractivity contribution >= 4 is 39.7 Å². The van der Waals surface area contributed by atoms with Crippen molar-refractivity contribution in [2.75, 3.05) is 0 Å². The molecule has 0 amide bonds. The van der Waals surface area contributed by atoms with Crippen molar-refractivity contribution < 1.29 is 0 Å². The zero-order chi connectivity index (χ0) is 10.1. The first-order chi connectivity index (χ1) is 5.91. The predicted octanol–water partition coefficient (Wildman–Crippen LogP) is 5.43. The summed E-state index contributed by atoms with van der Waals surface area (Å²) in [6.07, 6.45) is 0. The average molecular weight is 258 g/mol. The molecule has 13 heavy (non-hydrogen) atoms. The molecule has 0 radical (unpaired) electrons. The molecule has 0 unspecified atom stereocenters. The zero-order valence-corrected chi connectivity index (χ0v) is 10.5. The molecule has 0 saturated carbocycles. The molecule has 0 saturated heterocycles. The molecular weight excluding hydrogens is 247 g/mol. The van der Waals surface area contributed by atoms with Gasteiger partial charge in [0.15, 0.2) is 0 Å². The van der Waals surface area contributed by atoms with Crippen LogP contribution in [0.25, 0.3) is 0 Å². The highest BCUT2D eigenvalue weighted by molar-refractivity contribution is 8.79. The van der Waals surface area contributed by atoms with Crippen molar-refractivity contribution in [2.24, 2.45) is 0 Å².